The van der Waals surface area contributed by atoms with Crippen LogP contribution in [0.25, 0.3) is 10.9 Å². The monoisotopic (exact) mass is 373 g/mol. The van der Waals surface area contributed by atoms with Crippen molar-refractivity contribution >= 4 is 28.1 Å². The third-order valence-electron chi connectivity index (χ3n) is 4.62. The van der Waals surface area contributed by atoms with Crippen LogP contribution in [0.5, 0.6) is 0 Å². The molecule has 4 nitrogen and oxygen atoms in total. The molecule has 1 atom stereocenters. The second kappa shape index (κ2) is 7.68. The fraction of sp³-hybridized carbons (Fsp3) is 0.136. The van der Waals surface area contributed by atoms with Crippen molar-refractivity contribution in [3.8, 4) is 0 Å². The zero-order chi connectivity index (χ0) is 18.6. The molecule has 0 aliphatic heterocycles. The van der Waals surface area contributed by atoms with E-state index in [-0.39, 0.29) is 11.9 Å². The van der Waals surface area contributed by atoms with Gasteiger partial charge in [-0.3, -0.25) is 4.79 Å². The first-order valence-electron chi connectivity index (χ1n) is 8.82. The molecule has 0 saturated heterocycles. The van der Waals surface area contributed by atoms with Gasteiger partial charge in [0.1, 0.15) is 10.7 Å². The fourth-order valence-electron chi connectivity index (χ4n) is 3.11. The Bertz CT molecular complexity index is 1050. The molecule has 4 rings (SSSR count). The molecule has 0 bridgehead atoms. The van der Waals surface area contributed by atoms with Gasteiger partial charge < -0.3 is 4.90 Å². The first kappa shape index (κ1) is 17.4. The van der Waals surface area contributed by atoms with Crippen molar-refractivity contribution in [2.45, 2.75) is 19.5 Å². The lowest BCUT2D eigenvalue weighted by atomic mass is 10.1. The maximum Gasteiger partial charge on any atom is 0.273 e. The Morgan fingerprint density at radius 1 is 1.04 bits per heavy atom. The number of carbonyl (C=O) groups is 1. The Kier molecular flexibility index (Phi) is 4.94. The molecule has 0 saturated carbocycles. The Hall–Kier alpha value is -3.05. The molecule has 0 unspecified atom stereocenters. The van der Waals surface area contributed by atoms with Crippen molar-refractivity contribution in [1.82, 2.24) is 14.9 Å². The maximum atomic E-state index is 13.4. The summed E-state index contributed by atoms with van der Waals surface area (Å²) >= 11 is 1.55. The second-order valence-corrected chi connectivity index (χ2v) is 7.31. The van der Waals surface area contributed by atoms with Crippen LogP contribution >= 0.6 is 11.3 Å². The van der Waals surface area contributed by atoms with Gasteiger partial charge in [-0.15, -0.1) is 11.3 Å². The van der Waals surface area contributed by atoms with E-state index in [0.29, 0.717) is 12.2 Å². The lowest BCUT2D eigenvalue weighted by Crippen LogP contribution is -2.33. The number of aromatic nitrogens is 2. The van der Waals surface area contributed by atoms with Crippen LogP contribution in [-0.4, -0.2) is 20.8 Å². The van der Waals surface area contributed by atoms with Gasteiger partial charge in [-0.1, -0.05) is 54.6 Å². The SMILES string of the molecule is C[C@H](c1ccccc1)N(Cc1nccs1)C(=O)c1ccc2ccccc2n1. The van der Waals surface area contributed by atoms with Crippen molar-refractivity contribution < 1.29 is 4.79 Å². The highest BCUT2D eigenvalue weighted by Gasteiger charge is 2.25. The average molecular weight is 373 g/mol. The fourth-order valence-corrected chi connectivity index (χ4v) is 3.72. The number of amides is 1. The van der Waals surface area contributed by atoms with Gasteiger partial charge in [0.25, 0.3) is 5.91 Å². The molecule has 0 N–H and O–H groups in total. The van der Waals surface area contributed by atoms with Gasteiger partial charge in [0, 0.05) is 17.0 Å². The predicted molar refractivity (Wildman–Crippen MR) is 109 cm³/mol. The van der Waals surface area contributed by atoms with E-state index in [1.54, 1.807) is 23.6 Å². The highest BCUT2D eigenvalue weighted by atomic mass is 32.1. The van der Waals surface area contributed by atoms with Gasteiger partial charge in [0.2, 0.25) is 0 Å². The molecule has 0 aliphatic carbocycles. The molecule has 2 aromatic heterocycles. The van der Waals surface area contributed by atoms with Crippen molar-refractivity contribution in [2.75, 3.05) is 0 Å². The van der Waals surface area contributed by atoms with Crippen LogP contribution in [0.1, 0.15) is 34.0 Å². The number of para-hydroxylation sites is 1. The van der Waals surface area contributed by atoms with Gasteiger partial charge in [-0.25, -0.2) is 9.97 Å². The van der Waals surface area contributed by atoms with Crippen LogP contribution in [0.2, 0.25) is 0 Å². The van der Waals surface area contributed by atoms with Crippen molar-refractivity contribution in [3.63, 3.8) is 0 Å². The van der Waals surface area contributed by atoms with E-state index < -0.39 is 0 Å². The van der Waals surface area contributed by atoms with Crippen LogP contribution in [0.3, 0.4) is 0 Å². The third-order valence-corrected chi connectivity index (χ3v) is 5.38. The highest BCUT2D eigenvalue weighted by molar-refractivity contribution is 7.09. The number of rotatable bonds is 5. The van der Waals surface area contributed by atoms with Gasteiger partial charge in [0.05, 0.1) is 18.1 Å². The summed E-state index contributed by atoms with van der Waals surface area (Å²) < 4.78 is 0. The molecule has 27 heavy (non-hydrogen) atoms. The summed E-state index contributed by atoms with van der Waals surface area (Å²) in [6.07, 6.45) is 1.77. The van der Waals surface area contributed by atoms with Gasteiger partial charge in [-0.05, 0) is 24.6 Å². The number of hydrogen-bond donors (Lipinski definition) is 0. The van der Waals surface area contributed by atoms with Crippen LogP contribution in [0.4, 0.5) is 0 Å². The maximum absolute atomic E-state index is 13.4. The first-order valence-corrected chi connectivity index (χ1v) is 9.70. The van der Waals surface area contributed by atoms with Crippen molar-refractivity contribution in [1.29, 1.82) is 0 Å². The number of nitrogens with zero attached hydrogens (tertiary/aromatic N) is 3. The van der Waals surface area contributed by atoms with Gasteiger partial charge in [-0.2, -0.15) is 0 Å². The quantitative estimate of drug-likeness (QED) is 0.489. The number of thiazole rings is 1. The zero-order valence-electron chi connectivity index (χ0n) is 14.9. The minimum absolute atomic E-state index is 0.0872. The highest BCUT2D eigenvalue weighted by Crippen LogP contribution is 2.25. The second-order valence-electron chi connectivity index (χ2n) is 6.33. The van der Waals surface area contributed by atoms with E-state index in [1.807, 2.05) is 77.9 Å². The first-order chi connectivity index (χ1) is 13.2. The Balaban J connectivity index is 1.70. The molecule has 1 amide bonds. The average Bonchev–Trinajstić information content (AvgIpc) is 3.24. The smallest absolute Gasteiger partial charge is 0.273 e. The minimum atomic E-state index is -0.0905. The molecule has 0 fully saturated rings. The number of benzene rings is 2. The number of pyridine rings is 1. The summed E-state index contributed by atoms with van der Waals surface area (Å²) in [6, 6.07) is 21.5. The van der Waals surface area contributed by atoms with Crippen LogP contribution in [0, 0.1) is 0 Å². The number of carbonyl (C=O) groups excluding carboxylic acids is 1. The summed E-state index contributed by atoms with van der Waals surface area (Å²) in [5, 5.41) is 3.86. The molecule has 2 aromatic carbocycles. The molecular formula is C22H19N3OS. The van der Waals surface area contributed by atoms with Crippen LogP contribution < -0.4 is 0 Å². The predicted octanol–water partition coefficient (Wildman–Crippen LogP) is 5.09. The molecule has 2 heterocycles. The number of hydrogen-bond acceptors (Lipinski definition) is 4. The lowest BCUT2D eigenvalue weighted by Gasteiger charge is -2.28. The van der Waals surface area contributed by atoms with E-state index in [4.69, 9.17) is 0 Å². The van der Waals surface area contributed by atoms with Gasteiger partial charge in [0.15, 0.2) is 0 Å². The standard InChI is InChI=1S/C22H19N3OS/c1-16(17-7-3-2-4-8-17)25(15-21-23-13-14-27-21)22(26)20-12-11-18-9-5-6-10-19(18)24-20/h2-14,16H,15H2,1H3/t16-/m1/s1. The van der Waals surface area contributed by atoms with Crippen LogP contribution in [0.15, 0.2) is 78.3 Å². The molecule has 0 radical (unpaired) electrons. The Labute approximate surface area is 162 Å². The van der Waals surface area contributed by atoms with Gasteiger partial charge >= 0.3 is 0 Å². The van der Waals surface area contributed by atoms with E-state index in [9.17, 15) is 4.79 Å². The molecular weight excluding hydrogens is 354 g/mol. The molecule has 0 aliphatic rings. The van der Waals surface area contributed by atoms with E-state index in [0.717, 1.165) is 21.5 Å². The topological polar surface area (TPSA) is 46.1 Å². The summed E-state index contributed by atoms with van der Waals surface area (Å²) in [6.45, 7) is 2.50. The Morgan fingerprint density at radius 2 is 1.81 bits per heavy atom. The van der Waals surface area contributed by atoms with Crippen molar-refractivity contribution in [2.24, 2.45) is 0 Å². The van der Waals surface area contributed by atoms with E-state index >= 15 is 0 Å². The molecule has 4 aromatic rings. The number of fused-ring (bicyclic) bond motifs is 1. The minimum Gasteiger partial charge on any atom is -0.324 e. The van der Waals surface area contributed by atoms with E-state index in [2.05, 4.69) is 9.97 Å². The molecule has 5 heteroatoms. The molecule has 0 spiro atoms. The van der Waals surface area contributed by atoms with Crippen LogP contribution in [-0.2, 0) is 6.54 Å². The van der Waals surface area contributed by atoms with Crippen molar-refractivity contribution in [3.05, 3.63) is 94.6 Å². The summed E-state index contributed by atoms with van der Waals surface area (Å²) in [4.78, 5) is 24.2. The Morgan fingerprint density at radius 3 is 2.59 bits per heavy atom. The van der Waals surface area contributed by atoms with E-state index in [1.165, 1.54) is 0 Å². The largest absolute Gasteiger partial charge is 0.324 e. The summed E-state index contributed by atoms with van der Waals surface area (Å²) in [7, 11) is 0. The summed E-state index contributed by atoms with van der Waals surface area (Å²) in [5.41, 5.74) is 2.36. The normalized spacial score (nSPS) is 12.0. The third kappa shape index (κ3) is 3.73. The lowest BCUT2D eigenvalue weighted by molar-refractivity contribution is 0.0668. The summed E-state index contributed by atoms with van der Waals surface area (Å²) in [5.74, 6) is -0.0905. The zero-order valence-corrected chi connectivity index (χ0v) is 15.8. The molecule has 134 valence electrons.